The van der Waals surface area contributed by atoms with Crippen LogP contribution in [0.5, 0.6) is 0 Å². The van der Waals surface area contributed by atoms with Crippen molar-refractivity contribution in [1.29, 1.82) is 0 Å². The zero-order valence-electron chi connectivity index (χ0n) is 13.6. The quantitative estimate of drug-likeness (QED) is 0.558. The molecule has 2 heteroatoms. The molecule has 1 fully saturated rings. The molecule has 0 N–H and O–H groups in total. The van der Waals surface area contributed by atoms with Gasteiger partial charge in [-0.25, -0.2) is 0 Å². The molecule has 2 atom stereocenters. The highest BCUT2D eigenvalue weighted by molar-refractivity contribution is 5.52. The molecule has 2 heterocycles. The second-order valence-electron chi connectivity index (χ2n) is 6.36. The van der Waals surface area contributed by atoms with E-state index in [2.05, 4.69) is 78.2 Å². The lowest BCUT2D eigenvalue weighted by atomic mass is 9.86. The van der Waals surface area contributed by atoms with Crippen LogP contribution in [0, 0.1) is 0 Å². The normalized spacial score (nSPS) is 21.0. The minimum absolute atomic E-state index is 0.175. The fourth-order valence-corrected chi connectivity index (χ4v) is 3.68. The van der Waals surface area contributed by atoms with E-state index in [1.807, 2.05) is 6.07 Å². The summed E-state index contributed by atoms with van der Waals surface area (Å²) in [6, 6.07) is 25.8. The SMILES string of the molecule is C=C1C[C@H](c2ccco2)N(c2ccccc2)[C@H](c2ccccc2)C1. The molecule has 0 radical (unpaired) electrons. The Morgan fingerprint density at radius 1 is 0.792 bits per heavy atom. The molecule has 2 nitrogen and oxygen atoms in total. The van der Waals surface area contributed by atoms with Gasteiger partial charge < -0.3 is 9.32 Å². The lowest BCUT2D eigenvalue weighted by Gasteiger charge is -2.44. The summed E-state index contributed by atoms with van der Waals surface area (Å²) in [5, 5.41) is 0. The van der Waals surface area contributed by atoms with Gasteiger partial charge in [0.05, 0.1) is 18.3 Å². The van der Waals surface area contributed by atoms with Crippen LogP contribution in [0.1, 0.15) is 36.2 Å². The first-order valence-electron chi connectivity index (χ1n) is 8.41. The molecule has 0 amide bonds. The summed E-state index contributed by atoms with van der Waals surface area (Å²) in [5.41, 5.74) is 3.82. The van der Waals surface area contributed by atoms with Crippen LogP contribution in [-0.4, -0.2) is 0 Å². The molecule has 1 aliphatic heterocycles. The van der Waals surface area contributed by atoms with Crippen LogP contribution in [0.15, 0.2) is 95.6 Å². The third-order valence-corrected chi connectivity index (χ3v) is 4.75. The van der Waals surface area contributed by atoms with Crippen LogP contribution >= 0.6 is 0 Å². The maximum atomic E-state index is 5.77. The number of piperidine rings is 1. The molecule has 4 rings (SSSR count). The molecule has 0 aliphatic carbocycles. The van der Waals surface area contributed by atoms with Gasteiger partial charge in [-0.05, 0) is 42.7 Å². The van der Waals surface area contributed by atoms with Crippen molar-refractivity contribution < 1.29 is 4.42 Å². The average molecular weight is 315 g/mol. The summed E-state index contributed by atoms with van der Waals surface area (Å²) in [5.74, 6) is 1.00. The molecule has 1 aliphatic rings. The van der Waals surface area contributed by atoms with Crippen molar-refractivity contribution in [1.82, 2.24) is 0 Å². The van der Waals surface area contributed by atoms with Crippen molar-refractivity contribution in [2.24, 2.45) is 0 Å². The summed E-state index contributed by atoms with van der Waals surface area (Å²) in [6.07, 6.45) is 3.65. The van der Waals surface area contributed by atoms with Crippen LogP contribution < -0.4 is 4.90 Å². The second-order valence-corrected chi connectivity index (χ2v) is 6.36. The second kappa shape index (κ2) is 6.40. The van der Waals surface area contributed by atoms with Gasteiger partial charge in [-0.15, -0.1) is 0 Å². The molecular formula is C22H21NO. The number of anilines is 1. The van der Waals surface area contributed by atoms with Gasteiger partial charge in [0.1, 0.15) is 5.76 Å². The van der Waals surface area contributed by atoms with Crippen molar-refractivity contribution in [3.63, 3.8) is 0 Å². The molecular weight excluding hydrogens is 294 g/mol. The molecule has 0 bridgehead atoms. The Morgan fingerprint density at radius 2 is 1.46 bits per heavy atom. The van der Waals surface area contributed by atoms with Gasteiger partial charge in [-0.1, -0.05) is 60.7 Å². The fourth-order valence-electron chi connectivity index (χ4n) is 3.68. The van der Waals surface area contributed by atoms with Gasteiger partial charge in [-0.3, -0.25) is 0 Å². The number of rotatable bonds is 3. The van der Waals surface area contributed by atoms with Crippen LogP contribution in [0.25, 0.3) is 0 Å². The van der Waals surface area contributed by atoms with Gasteiger partial charge in [0, 0.05) is 5.69 Å². The zero-order valence-corrected chi connectivity index (χ0v) is 13.6. The Labute approximate surface area is 143 Å². The van der Waals surface area contributed by atoms with Crippen molar-refractivity contribution in [2.75, 3.05) is 4.90 Å². The topological polar surface area (TPSA) is 16.4 Å². The standard InChI is InChI=1S/C22H21NO/c1-17-15-20(18-9-4-2-5-10-18)23(19-11-6-3-7-12-19)21(16-17)22-13-8-14-24-22/h2-14,20-21H,1,15-16H2/t20-,21+/m0/s1. The summed E-state index contributed by atoms with van der Waals surface area (Å²) >= 11 is 0. The molecule has 2 aromatic carbocycles. The molecule has 0 saturated carbocycles. The number of hydrogen-bond acceptors (Lipinski definition) is 2. The Balaban J connectivity index is 1.82. The number of para-hydroxylation sites is 1. The first-order chi connectivity index (χ1) is 11.8. The summed E-state index contributed by atoms with van der Waals surface area (Å²) < 4.78 is 5.77. The van der Waals surface area contributed by atoms with E-state index in [0.717, 1.165) is 18.6 Å². The smallest absolute Gasteiger partial charge is 0.126 e. The van der Waals surface area contributed by atoms with E-state index in [-0.39, 0.29) is 12.1 Å². The maximum Gasteiger partial charge on any atom is 0.126 e. The van der Waals surface area contributed by atoms with Crippen molar-refractivity contribution in [3.05, 3.63) is 103 Å². The van der Waals surface area contributed by atoms with E-state index in [0.29, 0.717) is 0 Å². The van der Waals surface area contributed by atoms with Crippen molar-refractivity contribution >= 4 is 5.69 Å². The van der Waals surface area contributed by atoms with Gasteiger partial charge in [-0.2, -0.15) is 0 Å². The monoisotopic (exact) mass is 315 g/mol. The molecule has 0 spiro atoms. The van der Waals surface area contributed by atoms with Gasteiger partial charge in [0.2, 0.25) is 0 Å². The largest absolute Gasteiger partial charge is 0.467 e. The highest BCUT2D eigenvalue weighted by Crippen LogP contribution is 2.46. The third-order valence-electron chi connectivity index (χ3n) is 4.75. The molecule has 3 aromatic rings. The van der Waals surface area contributed by atoms with E-state index in [9.17, 15) is 0 Å². The van der Waals surface area contributed by atoms with Crippen LogP contribution in [0.2, 0.25) is 0 Å². The number of furan rings is 1. The number of nitrogens with zero attached hydrogens (tertiary/aromatic N) is 1. The van der Waals surface area contributed by atoms with Crippen molar-refractivity contribution in [2.45, 2.75) is 24.9 Å². The molecule has 1 saturated heterocycles. The molecule has 1 aromatic heterocycles. The number of benzene rings is 2. The van der Waals surface area contributed by atoms with E-state index in [1.165, 1.54) is 16.8 Å². The minimum atomic E-state index is 0.175. The van der Waals surface area contributed by atoms with E-state index in [1.54, 1.807) is 6.26 Å². The summed E-state index contributed by atoms with van der Waals surface area (Å²) in [4.78, 5) is 2.49. The predicted octanol–water partition coefficient (Wildman–Crippen LogP) is 5.92. The van der Waals surface area contributed by atoms with Crippen LogP contribution in [0.4, 0.5) is 5.69 Å². The molecule has 120 valence electrons. The lowest BCUT2D eigenvalue weighted by molar-refractivity contribution is 0.390. The first-order valence-corrected chi connectivity index (χ1v) is 8.41. The fraction of sp³-hybridized carbons (Fsp3) is 0.182. The predicted molar refractivity (Wildman–Crippen MR) is 97.9 cm³/mol. The van der Waals surface area contributed by atoms with Crippen LogP contribution in [0.3, 0.4) is 0 Å². The minimum Gasteiger partial charge on any atom is -0.467 e. The maximum absolute atomic E-state index is 5.77. The lowest BCUT2D eigenvalue weighted by Crippen LogP contribution is -2.37. The highest BCUT2D eigenvalue weighted by atomic mass is 16.3. The van der Waals surface area contributed by atoms with E-state index < -0.39 is 0 Å². The average Bonchev–Trinajstić information content (AvgIpc) is 3.17. The van der Waals surface area contributed by atoms with E-state index in [4.69, 9.17) is 4.42 Å². The molecule has 24 heavy (non-hydrogen) atoms. The Morgan fingerprint density at radius 3 is 2.12 bits per heavy atom. The Hall–Kier alpha value is -2.74. The first kappa shape index (κ1) is 14.8. The molecule has 0 unspecified atom stereocenters. The van der Waals surface area contributed by atoms with Crippen molar-refractivity contribution in [3.8, 4) is 0 Å². The van der Waals surface area contributed by atoms with Gasteiger partial charge in [0.25, 0.3) is 0 Å². The zero-order chi connectivity index (χ0) is 16.4. The third kappa shape index (κ3) is 2.76. The Bertz CT molecular complexity index is 793. The van der Waals surface area contributed by atoms with Gasteiger partial charge >= 0.3 is 0 Å². The Kier molecular flexibility index (Phi) is 3.96. The highest BCUT2D eigenvalue weighted by Gasteiger charge is 2.35. The van der Waals surface area contributed by atoms with Gasteiger partial charge in [0.15, 0.2) is 0 Å². The number of hydrogen-bond donors (Lipinski definition) is 0. The summed E-state index contributed by atoms with van der Waals surface area (Å²) in [7, 11) is 0. The summed E-state index contributed by atoms with van der Waals surface area (Å²) in [6.45, 7) is 4.31. The van der Waals surface area contributed by atoms with Crippen LogP contribution in [-0.2, 0) is 0 Å². The van der Waals surface area contributed by atoms with E-state index >= 15 is 0 Å².